The predicted octanol–water partition coefficient (Wildman–Crippen LogP) is 2.73. The number of aryl methyl sites for hydroxylation is 1. The van der Waals surface area contributed by atoms with Crippen molar-refractivity contribution in [2.24, 2.45) is 7.05 Å². The molecule has 2 aromatic rings. The van der Waals surface area contributed by atoms with Crippen molar-refractivity contribution in [3.63, 3.8) is 0 Å². The number of ketones is 1. The van der Waals surface area contributed by atoms with E-state index in [2.05, 4.69) is 15.6 Å². The Labute approximate surface area is 186 Å². The number of amides is 2. The summed E-state index contributed by atoms with van der Waals surface area (Å²) in [6.07, 6.45) is 3.51. The van der Waals surface area contributed by atoms with Crippen molar-refractivity contribution in [3.05, 3.63) is 46.3 Å². The van der Waals surface area contributed by atoms with Crippen molar-refractivity contribution >= 4 is 23.3 Å². The maximum absolute atomic E-state index is 13.4. The Morgan fingerprint density at radius 3 is 2.44 bits per heavy atom. The van der Waals surface area contributed by atoms with Gasteiger partial charge < -0.3 is 20.3 Å². The maximum Gasteiger partial charge on any atom is 0.294 e. The van der Waals surface area contributed by atoms with Gasteiger partial charge in [-0.15, -0.1) is 0 Å². The molecule has 9 heteroatoms. The highest BCUT2D eigenvalue weighted by molar-refractivity contribution is 6.43. The highest BCUT2D eigenvalue weighted by Gasteiger charge is 2.33. The molecule has 32 heavy (non-hydrogen) atoms. The first-order valence-corrected chi connectivity index (χ1v) is 10.6. The Morgan fingerprint density at radius 2 is 1.84 bits per heavy atom. The van der Waals surface area contributed by atoms with Crippen molar-refractivity contribution in [1.82, 2.24) is 14.9 Å². The lowest BCUT2D eigenvalue weighted by Crippen LogP contribution is -2.44. The second kappa shape index (κ2) is 8.82. The van der Waals surface area contributed by atoms with E-state index in [1.807, 2.05) is 0 Å². The van der Waals surface area contributed by atoms with E-state index in [-0.39, 0.29) is 17.3 Å². The van der Waals surface area contributed by atoms with Crippen LogP contribution in [-0.4, -0.2) is 43.9 Å². The number of aromatic nitrogens is 2. The molecule has 2 amide bonds. The van der Waals surface area contributed by atoms with Crippen LogP contribution < -0.4 is 10.6 Å². The molecule has 0 unspecified atom stereocenters. The van der Waals surface area contributed by atoms with Crippen LogP contribution in [0.15, 0.2) is 12.3 Å². The molecule has 0 aromatic carbocycles. The summed E-state index contributed by atoms with van der Waals surface area (Å²) in [6.45, 7) is 6.62. The van der Waals surface area contributed by atoms with E-state index in [4.69, 9.17) is 0 Å². The molecule has 2 aromatic heterocycles. The average molecular weight is 445 g/mol. The lowest BCUT2D eigenvalue weighted by atomic mass is 9.83. The van der Waals surface area contributed by atoms with Crippen LogP contribution in [0.1, 0.15) is 70.3 Å². The molecular formula is C23H29FN4O4. The lowest BCUT2D eigenvalue weighted by Gasteiger charge is -2.33. The van der Waals surface area contributed by atoms with Crippen LogP contribution in [-0.2, 0) is 11.8 Å². The molecule has 0 aliphatic heterocycles. The number of hydrogen-bond acceptors (Lipinski definition) is 5. The molecule has 1 aliphatic carbocycles. The van der Waals surface area contributed by atoms with Gasteiger partial charge in [0.05, 0.1) is 28.7 Å². The third kappa shape index (κ3) is 4.72. The largest absolute Gasteiger partial charge is 0.390 e. The van der Waals surface area contributed by atoms with E-state index in [1.54, 1.807) is 34.7 Å². The van der Waals surface area contributed by atoms with Crippen molar-refractivity contribution < 1.29 is 23.9 Å². The zero-order valence-corrected chi connectivity index (χ0v) is 19.0. The van der Waals surface area contributed by atoms with Crippen LogP contribution in [0.3, 0.4) is 0 Å². The summed E-state index contributed by atoms with van der Waals surface area (Å²) >= 11 is 0. The summed E-state index contributed by atoms with van der Waals surface area (Å²) in [5.41, 5.74) is 1.22. The van der Waals surface area contributed by atoms with Gasteiger partial charge in [0.2, 0.25) is 5.95 Å². The van der Waals surface area contributed by atoms with Crippen LogP contribution in [0.25, 0.3) is 0 Å². The van der Waals surface area contributed by atoms with Crippen molar-refractivity contribution in [2.45, 2.75) is 65.0 Å². The van der Waals surface area contributed by atoms with E-state index in [1.165, 1.54) is 16.8 Å². The number of aliphatic hydroxyl groups is 1. The Bertz CT molecular complexity index is 1080. The van der Waals surface area contributed by atoms with Gasteiger partial charge in [0, 0.05) is 24.3 Å². The number of halogens is 1. The summed E-state index contributed by atoms with van der Waals surface area (Å²) in [5, 5.41) is 15.5. The molecule has 0 spiro atoms. The molecule has 0 saturated heterocycles. The van der Waals surface area contributed by atoms with Crippen LogP contribution in [0.5, 0.6) is 0 Å². The molecule has 3 rings (SSSR count). The molecule has 0 radical (unpaired) electrons. The van der Waals surface area contributed by atoms with Gasteiger partial charge in [-0.25, -0.2) is 4.98 Å². The molecule has 1 saturated carbocycles. The Morgan fingerprint density at radius 1 is 1.22 bits per heavy atom. The smallest absolute Gasteiger partial charge is 0.294 e. The van der Waals surface area contributed by atoms with E-state index in [9.17, 15) is 23.9 Å². The second-order valence-corrected chi connectivity index (χ2v) is 8.85. The number of nitrogens with zero attached hydrogens (tertiary/aromatic N) is 2. The average Bonchev–Trinajstić information content (AvgIpc) is 2.94. The third-order valence-corrected chi connectivity index (χ3v) is 6.25. The first-order chi connectivity index (χ1) is 14.9. The van der Waals surface area contributed by atoms with Crippen molar-refractivity contribution in [1.29, 1.82) is 0 Å². The van der Waals surface area contributed by atoms with Crippen molar-refractivity contribution in [2.75, 3.05) is 5.32 Å². The van der Waals surface area contributed by atoms with Crippen LogP contribution in [0, 0.1) is 26.7 Å². The first kappa shape index (κ1) is 23.6. The second-order valence-electron chi connectivity index (χ2n) is 8.85. The minimum atomic E-state index is -0.738. The van der Waals surface area contributed by atoms with Gasteiger partial charge in [-0.3, -0.25) is 14.4 Å². The Balaban J connectivity index is 1.78. The topological polar surface area (TPSA) is 113 Å². The number of hydrogen-bond donors (Lipinski definition) is 3. The van der Waals surface area contributed by atoms with Gasteiger partial charge in [0.25, 0.3) is 17.6 Å². The fraction of sp³-hybridized carbons (Fsp3) is 0.478. The van der Waals surface area contributed by atoms with E-state index < -0.39 is 29.1 Å². The SMILES string of the molecule is Cc1cc(NC(=O)c2c(C)c(C(=O)C(=O)NC3CCC(C)(O)CC3)n(C)c2C)cnc1F. The van der Waals surface area contributed by atoms with E-state index >= 15 is 0 Å². The van der Waals surface area contributed by atoms with Gasteiger partial charge >= 0.3 is 0 Å². The number of carbonyl (C=O) groups is 3. The number of nitrogens with one attached hydrogen (secondary N) is 2. The highest BCUT2D eigenvalue weighted by Crippen LogP contribution is 2.28. The van der Waals surface area contributed by atoms with E-state index in [0.717, 1.165) is 0 Å². The Kier molecular flexibility index (Phi) is 6.50. The van der Waals surface area contributed by atoms with Crippen LogP contribution in [0.2, 0.25) is 0 Å². The highest BCUT2D eigenvalue weighted by atomic mass is 19.1. The predicted molar refractivity (Wildman–Crippen MR) is 117 cm³/mol. The molecule has 0 bridgehead atoms. The maximum atomic E-state index is 13.4. The summed E-state index contributed by atoms with van der Waals surface area (Å²) < 4.78 is 14.9. The number of Topliss-reactive ketones (excluding diaryl/α,β-unsaturated/α-hetero) is 1. The fourth-order valence-electron chi connectivity index (χ4n) is 4.20. The molecule has 1 fully saturated rings. The van der Waals surface area contributed by atoms with Gasteiger partial charge in [-0.1, -0.05) is 0 Å². The molecule has 172 valence electrons. The van der Waals surface area contributed by atoms with Gasteiger partial charge in [0.1, 0.15) is 0 Å². The van der Waals surface area contributed by atoms with Gasteiger partial charge in [0.15, 0.2) is 0 Å². The fourth-order valence-corrected chi connectivity index (χ4v) is 4.20. The molecule has 1 aliphatic rings. The monoisotopic (exact) mass is 444 g/mol. The summed E-state index contributed by atoms with van der Waals surface area (Å²) in [7, 11) is 1.63. The van der Waals surface area contributed by atoms with Gasteiger partial charge in [-0.05, 0) is 65.0 Å². The summed E-state index contributed by atoms with van der Waals surface area (Å²) in [4.78, 5) is 42.1. The minimum Gasteiger partial charge on any atom is -0.390 e. The van der Waals surface area contributed by atoms with Crippen LogP contribution in [0.4, 0.5) is 10.1 Å². The number of carbonyl (C=O) groups excluding carboxylic acids is 3. The number of rotatable bonds is 5. The zero-order chi connectivity index (χ0) is 23.8. The molecule has 2 heterocycles. The van der Waals surface area contributed by atoms with Gasteiger partial charge in [-0.2, -0.15) is 4.39 Å². The Hall–Kier alpha value is -3.07. The zero-order valence-electron chi connectivity index (χ0n) is 19.0. The lowest BCUT2D eigenvalue weighted by molar-refractivity contribution is -0.118. The summed E-state index contributed by atoms with van der Waals surface area (Å²) in [6, 6.07) is 1.29. The molecular weight excluding hydrogens is 415 g/mol. The standard InChI is InChI=1S/C23H29FN4O4/c1-12-10-16(11-25-20(12)24)27-21(30)17-13(2)18(28(5)14(17)3)19(29)22(31)26-15-6-8-23(4,32)9-7-15/h10-11,15,32H,6-9H2,1-5H3,(H,26,31)(H,27,30). The number of pyridine rings is 1. The first-order valence-electron chi connectivity index (χ1n) is 10.6. The molecule has 3 N–H and O–H groups in total. The number of anilines is 1. The summed E-state index contributed by atoms with van der Waals surface area (Å²) in [5.74, 6) is -2.54. The van der Waals surface area contributed by atoms with E-state index in [0.29, 0.717) is 48.2 Å². The minimum absolute atomic E-state index is 0.140. The molecule has 8 nitrogen and oxygen atoms in total. The van der Waals surface area contributed by atoms with Crippen LogP contribution >= 0.6 is 0 Å². The van der Waals surface area contributed by atoms with Crippen molar-refractivity contribution in [3.8, 4) is 0 Å². The molecule has 0 atom stereocenters. The normalized spacial score (nSPS) is 20.7. The quantitative estimate of drug-likeness (QED) is 0.373. The third-order valence-electron chi connectivity index (χ3n) is 6.25.